The Morgan fingerprint density at radius 1 is 1.12 bits per heavy atom. The van der Waals surface area contributed by atoms with Crippen molar-refractivity contribution in [3.63, 3.8) is 0 Å². The largest absolute Gasteiger partial charge is 0.507 e. The molecule has 2 aromatic carbocycles. The van der Waals surface area contributed by atoms with E-state index in [0.717, 1.165) is 0 Å². The van der Waals surface area contributed by atoms with E-state index in [0.29, 0.717) is 17.1 Å². The summed E-state index contributed by atoms with van der Waals surface area (Å²) in [7, 11) is 0. The standard InChI is InChI=1S/C25H22FNO5/c1-15(2)32-17-8-5-7-16(13-17)23(28)21-22(19-10-3-4-11-20(19)26)27(25(30)24(21)29)14-18-9-6-12-31-18/h3-13,15,22,28H,14H2,1-2H3/b23-21-. The van der Waals surface area contributed by atoms with Crippen LogP contribution in [0.15, 0.2) is 76.9 Å². The Hall–Kier alpha value is -3.87. The van der Waals surface area contributed by atoms with Crippen LogP contribution in [0.2, 0.25) is 0 Å². The van der Waals surface area contributed by atoms with Gasteiger partial charge in [-0.1, -0.05) is 30.3 Å². The number of nitrogens with zero attached hydrogens (tertiary/aromatic N) is 1. The third-order valence-corrected chi connectivity index (χ3v) is 5.13. The number of likely N-dealkylation sites (tertiary alicyclic amines) is 1. The van der Waals surface area contributed by atoms with Gasteiger partial charge in [-0.15, -0.1) is 0 Å². The molecule has 1 aromatic heterocycles. The van der Waals surface area contributed by atoms with E-state index in [1.54, 1.807) is 42.5 Å². The summed E-state index contributed by atoms with van der Waals surface area (Å²) < 4.78 is 25.8. The predicted molar refractivity (Wildman–Crippen MR) is 115 cm³/mol. The first-order chi connectivity index (χ1) is 15.4. The van der Waals surface area contributed by atoms with E-state index in [-0.39, 0.29) is 23.8 Å². The molecule has 4 rings (SSSR count). The minimum atomic E-state index is -1.11. The summed E-state index contributed by atoms with van der Waals surface area (Å²) in [6, 6.07) is 14.6. The van der Waals surface area contributed by atoms with Gasteiger partial charge in [0, 0.05) is 11.1 Å². The first kappa shape index (κ1) is 21.4. The molecule has 3 aromatic rings. The van der Waals surface area contributed by atoms with Crippen molar-refractivity contribution in [2.45, 2.75) is 32.5 Å². The second-order valence-electron chi connectivity index (χ2n) is 7.72. The average Bonchev–Trinajstić information content (AvgIpc) is 3.36. The van der Waals surface area contributed by atoms with Crippen LogP contribution in [-0.2, 0) is 16.1 Å². The lowest BCUT2D eigenvalue weighted by molar-refractivity contribution is -0.140. The molecule has 1 fully saturated rings. The molecule has 7 heteroatoms. The number of benzene rings is 2. The van der Waals surface area contributed by atoms with Crippen LogP contribution in [0.25, 0.3) is 5.76 Å². The number of amides is 1. The van der Waals surface area contributed by atoms with Crippen LogP contribution >= 0.6 is 0 Å². The molecule has 1 atom stereocenters. The number of Topliss-reactive ketones (excluding diaryl/α,β-unsaturated/α-hetero) is 1. The van der Waals surface area contributed by atoms with Gasteiger partial charge in [-0.05, 0) is 44.2 Å². The molecule has 2 heterocycles. The van der Waals surface area contributed by atoms with Crippen molar-refractivity contribution in [2.75, 3.05) is 0 Å². The first-order valence-electron chi connectivity index (χ1n) is 10.2. The fourth-order valence-electron chi connectivity index (χ4n) is 3.78. The van der Waals surface area contributed by atoms with Gasteiger partial charge < -0.3 is 19.2 Å². The van der Waals surface area contributed by atoms with E-state index in [1.807, 2.05) is 13.8 Å². The molecule has 0 aliphatic carbocycles. The fraction of sp³-hybridized carbons (Fsp3) is 0.200. The summed E-state index contributed by atoms with van der Waals surface area (Å²) in [4.78, 5) is 27.2. The van der Waals surface area contributed by atoms with Gasteiger partial charge in [-0.25, -0.2) is 4.39 Å². The van der Waals surface area contributed by atoms with E-state index >= 15 is 0 Å². The normalized spacial score (nSPS) is 17.9. The fourth-order valence-corrected chi connectivity index (χ4v) is 3.78. The van der Waals surface area contributed by atoms with Gasteiger partial charge in [0.05, 0.1) is 30.5 Å². The van der Waals surface area contributed by atoms with E-state index in [4.69, 9.17) is 9.15 Å². The number of halogens is 1. The lowest BCUT2D eigenvalue weighted by atomic mass is 9.95. The molecule has 1 amide bonds. The molecule has 32 heavy (non-hydrogen) atoms. The monoisotopic (exact) mass is 435 g/mol. The van der Waals surface area contributed by atoms with E-state index in [2.05, 4.69) is 0 Å². The Labute approximate surface area is 184 Å². The van der Waals surface area contributed by atoms with E-state index < -0.39 is 29.3 Å². The van der Waals surface area contributed by atoms with Gasteiger partial charge in [0.1, 0.15) is 23.1 Å². The van der Waals surface area contributed by atoms with Crippen molar-refractivity contribution < 1.29 is 28.2 Å². The molecule has 1 N–H and O–H groups in total. The lowest BCUT2D eigenvalue weighted by Gasteiger charge is -2.24. The van der Waals surface area contributed by atoms with Gasteiger partial charge in [0.25, 0.3) is 11.7 Å². The maximum atomic E-state index is 14.8. The number of aliphatic hydroxyl groups excluding tert-OH is 1. The van der Waals surface area contributed by atoms with E-state index in [9.17, 15) is 19.1 Å². The van der Waals surface area contributed by atoms with Crippen molar-refractivity contribution in [3.05, 3.63) is 95.2 Å². The first-order valence-corrected chi connectivity index (χ1v) is 10.2. The molecule has 0 spiro atoms. The number of ketones is 1. The van der Waals surface area contributed by atoms with Gasteiger partial charge >= 0.3 is 0 Å². The Balaban J connectivity index is 1.86. The molecular formula is C25H22FNO5. The quantitative estimate of drug-likeness (QED) is 0.341. The van der Waals surface area contributed by atoms with Crippen molar-refractivity contribution in [1.29, 1.82) is 0 Å². The highest BCUT2D eigenvalue weighted by Crippen LogP contribution is 2.41. The number of hydrogen-bond acceptors (Lipinski definition) is 5. The number of furan rings is 1. The number of rotatable bonds is 6. The number of hydrogen-bond donors (Lipinski definition) is 1. The minimum absolute atomic E-state index is 0.0517. The molecular weight excluding hydrogens is 413 g/mol. The Bertz CT molecular complexity index is 1180. The van der Waals surface area contributed by atoms with Crippen LogP contribution < -0.4 is 4.74 Å². The van der Waals surface area contributed by atoms with Crippen molar-refractivity contribution in [2.24, 2.45) is 0 Å². The molecule has 1 unspecified atom stereocenters. The van der Waals surface area contributed by atoms with Gasteiger partial charge in [-0.3, -0.25) is 9.59 Å². The summed E-state index contributed by atoms with van der Waals surface area (Å²) >= 11 is 0. The molecule has 164 valence electrons. The van der Waals surface area contributed by atoms with E-state index in [1.165, 1.54) is 29.4 Å². The molecule has 0 bridgehead atoms. The Morgan fingerprint density at radius 2 is 1.91 bits per heavy atom. The highest BCUT2D eigenvalue weighted by Gasteiger charge is 2.47. The zero-order chi connectivity index (χ0) is 22.8. The van der Waals surface area contributed by atoms with Crippen molar-refractivity contribution >= 4 is 17.4 Å². The maximum Gasteiger partial charge on any atom is 0.296 e. The summed E-state index contributed by atoms with van der Waals surface area (Å²) in [5.41, 5.74) is 0.211. The molecule has 6 nitrogen and oxygen atoms in total. The zero-order valence-electron chi connectivity index (χ0n) is 17.6. The summed E-state index contributed by atoms with van der Waals surface area (Å²) in [5, 5.41) is 11.1. The molecule has 1 aliphatic rings. The predicted octanol–water partition coefficient (Wildman–Crippen LogP) is 4.83. The third kappa shape index (κ3) is 4.01. The van der Waals surface area contributed by atoms with Crippen LogP contribution in [0.1, 0.15) is 36.8 Å². The van der Waals surface area contributed by atoms with Crippen LogP contribution in [0.4, 0.5) is 4.39 Å². The third-order valence-electron chi connectivity index (χ3n) is 5.13. The minimum Gasteiger partial charge on any atom is -0.507 e. The second kappa shape index (κ2) is 8.70. The number of carbonyl (C=O) groups excluding carboxylic acids is 2. The smallest absolute Gasteiger partial charge is 0.296 e. The maximum absolute atomic E-state index is 14.8. The number of ether oxygens (including phenoxy) is 1. The van der Waals surface area contributed by atoms with Crippen molar-refractivity contribution in [1.82, 2.24) is 4.90 Å². The zero-order valence-corrected chi connectivity index (χ0v) is 17.6. The summed E-state index contributed by atoms with van der Waals surface area (Å²) in [6.07, 6.45) is 1.36. The van der Waals surface area contributed by atoms with Gasteiger partial charge in [0.15, 0.2) is 0 Å². The van der Waals surface area contributed by atoms with Crippen LogP contribution in [0.3, 0.4) is 0 Å². The highest BCUT2D eigenvalue weighted by molar-refractivity contribution is 6.46. The van der Waals surface area contributed by atoms with Crippen LogP contribution in [-0.4, -0.2) is 27.8 Å². The topological polar surface area (TPSA) is 80.0 Å². The second-order valence-corrected chi connectivity index (χ2v) is 7.72. The molecule has 1 saturated heterocycles. The highest BCUT2D eigenvalue weighted by atomic mass is 19.1. The van der Waals surface area contributed by atoms with Crippen LogP contribution in [0, 0.1) is 5.82 Å². The molecule has 0 saturated carbocycles. The summed E-state index contributed by atoms with van der Waals surface area (Å²) in [5.74, 6) is -1.79. The average molecular weight is 435 g/mol. The Kier molecular flexibility index (Phi) is 5.81. The SMILES string of the molecule is CC(C)Oc1cccc(/C(O)=C2/C(=O)C(=O)N(Cc3ccco3)C2c2ccccc2F)c1. The Morgan fingerprint density at radius 3 is 2.59 bits per heavy atom. The number of aliphatic hydroxyl groups is 1. The summed E-state index contributed by atoms with van der Waals surface area (Å²) in [6.45, 7) is 3.68. The number of carbonyl (C=O) groups is 2. The molecule has 1 aliphatic heterocycles. The lowest BCUT2D eigenvalue weighted by Crippen LogP contribution is -2.29. The van der Waals surface area contributed by atoms with Gasteiger partial charge in [-0.2, -0.15) is 0 Å². The van der Waals surface area contributed by atoms with Crippen molar-refractivity contribution in [3.8, 4) is 5.75 Å². The molecule has 0 radical (unpaired) electrons. The van der Waals surface area contributed by atoms with Gasteiger partial charge in [0.2, 0.25) is 0 Å². The van der Waals surface area contributed by atoms with Crippen LogP contribution in [0.5, 0.6) is 5.75 Å².